The minimum absolute atomic E-state index is 0.0380. The van der Waals surface area contributed by atoms with E-state index in [-0.39, 0.29) is 5.69 Å². The van der Waals surface area contributed by atoms with E-state index in [9.17, 15) is 18.0 Å². The first-order valence-electron chi connectivity index (χ1n) is 5.95. The molecule has 0 aliphatic rings. The molecule has 0 bridgehead atoms. The Hall–Kier alpha value is -2.11. The molecule has 0 saturated carbocycles. The molecule has 2 aromatic rings. The first kappa shape index (κ1) is 14.3. The number of rotatable bonds is 1. The largest absolute Gasteiger partial charge is 0.431 e. The Balaban J connectivity index is 2.71. The van der Waals surface area contributed by atoms with Gasteiger partial charge < -0.3 is 4.98 Å². The zero-order chi connectivity index (χ0) is 15.1. The van der Waals surface area contributed by atoms with Crippen LogP contribution in [0.25, 0.3) is 11.3 Å². The Kier molecular flexibility index (Phi) is 3.41. The number of H-pyrrole nitrogens is 1. The highest BCUT2D eigenvalue weighted by Crippen LogP contribution is 2.31. The van der Waals surface area contributed by atoms with Crippen LogP contribution >= 0.6 is 0 Å². The van der Waals surface area contributed by atoms with E-state index in [0.717, 1.165) is 22.8 Å². The lowest BCUT2D eigenvalue weighted by molar-refractivity contribution is -0.141. The monoisotopic (exact) mass is 282 g/mol. The molecule has 0 aliphatic heterocycles. The van der Waals surface area contributed by atoms with Crippen molar-refractivity contribution in [1.29, 1.82) is 0 Å². The molecule has 20 heavy (non-hydrogen) atoms. The second kappa shape index (κ2) is 4.77. The van der Waals surface area contributed by atoms with Gasteiger partial charge in [0.05, 0.1) is 5.69 Å². The molecule has 0 fully saturated rings. The molecule has 106 valence electrons. The minimum Gasteiger partial charge on any atom is -0.302 e. The quantitative estimate of drug-likeness (QED) is 0.871. The molecule has 0 aliphatic carbocycles. The van der Waals surface area contributed by atoms with E-state index in [1.54, 1.807) is 18.8 Å². The lowest BCUT2D eigenvalue weighted by Gasteiger charge is -2.12. The highest BCUT2D eigenvalue weighted by molar-refractivity contribution is 5.68. The van der Waals surface area contributed by atoms with Crippen LogP contribution in [0.2, 0.25) is 0 Å². The first-order chi connectivity index (χ1) is 9.18. The Bertz CT molecular complexity index is 694. The number of hydrogen-bond donors (Lipinski definition) is 1. The first-order valence-corrected chi connectivity index (χ1v) is 5.95. The molecule has 1 heterocycles. The van der Waals surface area contributed by atoms with Crippen molar-refractivity contribution in [2.24, 2.45) is 0 Å². The van der Waals surface area contributed by atoms with Crippen LogP contribution in [0.15, 0.2) is 23.0 Å². The third-order valence-corrected chi connectivity index (χ3v) is 2.98. The van der Waals surface area contributed by atoms with Gasteiger partial charge in [0.15, 0.2) is 0 Å². The number of nitrogens with zero attached hydrogens (tertiary/aromatic N) is 1. The summed E-state index contributed by atoms with van der Waals surface area (Å²) >= 11 is 0. The molecule has 0 amide bonds. The number of aryl methyl sites for hydroxylation is 3. The molecule has 6 heteroatoms. The molecule has 0 unspecified atom stereocenters. The summed E-state index contributed by atoms with van der Waals surface area (Å²) in [7, 11) is 0. The summed E-state index contributed by atoms with van der Waals surface area (Å²) in [6, 6.07) is 4.56. The fourth-order valence-corrected chi connectivity index (χ4v) is 2.32. The molecule has 2 rings (SSSR count). The highest BCUT2D eigenvalue weighted by atomic mass is 19.4. The normalized spacial score (nSPS) is 11.7. The van der Waals surface area contributed by atoms with Gasteiger partial charge in [0, 0.05) is 5.56 Å². The van der Waals surface area contributed by atoms with Crippen molar-refractivity contribution in [3.8, 4) is 11.3 Å². The maximum atomic E-state index is 12.7. The number of aromatic amines is 1. The van der Waals surface area contributed by atoms with Crippen LogP contribution in [-0.2, 0) is 6.18 Å². The maximum absolute atomic E-state index is 12.7. The summed E-state index contributed by atoms with van der Waals surface area (Å²) in [6.45, 7) is 5.47. The molecule has 1 aromatic carbocycles. The number of alkyl halides is 3. The molecular formula is C14H13F3N2O. The van der Waals surface area contributed by atoms with Crippen molar-refractivity contribution in [2.75, 3.05) is 0 Å². The number of hydrogen-bond acceptors (Lipinski definition) is 2. The van der Waals surface area contributed by atoms with Crippen molar-refractivity contribution in [2.45, 2.75) is 26.9 Å². The summed E-state index contributed by atoms with van der Waals surface area (Å²) in [6.07, 6.45) is -4.61. The third-order valence-electron chi connectivity index (χ3n) is 2.98. The topological polar surface area (TPSA) is 45.8 Å². The van der Waals surface area contributed by atoms with Crippen molar-refractivity contribution in [3.63, 3.8) is 0 Å². The molecule has 0 atom stereocenters. The predicted molar refractivity (Wildman–Crippen MR) is 69.5 cm³/mol. The van der Waals surface area contributed by atoms with Gasteiger partial charge in [-0.25, -0.2) is 4.79 Å². The van der Waals surface area contributed by atoms with Gasteiger partial charge in [-0.05, 0) is 38.0 Å². The summed E-state index contributed by atoms with van der Waals surface area (Å²) in [4.78, 5) is 16.7. The third kappa shape index (κ3) is 2.74. The number of halogens is 3. The summed E-state index contributed by atoms with van der Waals surface area (Å²) in [5.41, 5.74) is 1.08. The van der Waals surface area contributed by atoms with E-state index in [4.69, 9.17) is 0 Å². The maximum Gasteiger partial charge on any atom is 0.431 e. The van der Waals surface area contributed by atoms with Crippen LogP contribution in [0.5, 0.6) is 0 Å². The van der Waals surface area contributed by atoms with Gasteiger partial charge in [-0.15, -0.1) is 0 Å². The van der Waals surface area contributed by atoms with E-state index in [1.165, 1.54) is 0 Å². The molecule has 0 radical (unpaired) electrons. The number of aromatic nitrogens is 2. The van der Waals surface area contributed by atoms with Gasteiger partial charge in [0.1, 0.15) is 5.69 Å². The van der Waals surface area contributed by atoms with Gasteiger partial charge in [-0.3, -0.25) is 0 Å². The van der Waals surface area contributed by atoms with Gasteiger partial charge in [-0.1, -0.05) is 17.7 Å². The Morgan fingerprint density at radius 2 is 1.60 bits per heavy atom. The van der Waals surface area contributed by atoms with Crippen molar-refractivity contribution in [3.05, 3.63) is 51.1 Å². The zero-order valence-electron chi connectivity index (χ0n) is 11.2. The average molecular weight is 282 g/mol. The highest BCUT2D eigenvalue weighted by Gasteiger charge is 2.32. The summed E-state index contributed by atoms with van der Waals surface area (Å²) < 4.78 is 38.2. The fraction of sp³-hybridized carbons (Fsp3) is 0.286. The van der Waals surface area contributed by atoms with Gasteiger partial charge >= 0.3 is 11.9 Å². The van der Waals surface area contributed by atoms with Crippen LogP contribution in [0.1, 0.15) is 22.4 Å². The summed E-state index contributed by atoms with van der Waals surface area (Å²) in [5, 5.41) is 0. The van der Waals surface area contributed by atoms with Crippen LogP contribution in [0.4, 0.5) is 13.2 Å². The Labute approximate surface area is 113 Å². The second-order valence-electron chi connectivity index (χ2n) is 4.76. The van der Waals surface area contributed by atoms with Crippen molar-refractivity contribution >= 4 is 0 Å². The lowest BCUT2D eigenvalue weighted by atomic mass is 9.97. The second-order valence-corrected chi connectivity index (χ2v) is 4.76. The van der Waals surface area contributed by atoms with Crippen LogP contribution in [-0.4, -0.2) is 9.97 Å². The minimum atomic E-state index is -4.61. The predicted octanol–water partition coefficient (Wildman–Crippen LogP) is 3.38. The van der Waals surface area contributed by atoms with Crippen LogP contribution < -0.4 is 5.69 Å². The SMILES string of the molecule is Cc1cc(C)c(-c2cc(C(F)(F)F)[nH]c(=O)n2)c(C)c1. The zero-order valence-corrected chi connectivity index (χ0v) is 11.2. The van der Waals surface area contributed by atoms with Crippen molar-refractivity contribution < 1.29 is 13.2 Å². The fourth-order valence-electron chi connectivity index (χ4n) is 2.32. The van der Waals surface area contributed by atoms with Gasteiger partial charge in [0.25, 0.3) is 0 Å². The van der Waals surface area contributed by atoms with Crippen LogP contribution in [0, 0.1) is 20.8 Å². The van der Waals surface area contributed by atoms with Crippen molar-refractivity contribution in [1.82, 2.24) is 9.97 Å². The van der Waals surface area contributed by atoms with Gasteiger partial charge in [0.2, 0.25) is 0 Å². The smallest absolute Gasteiger partial charge is 0.302 e. The average Bonchev–Trinajstić information content (AvgIpc) is 2.25. The number of nitrogens with one attached hydrogen (secondary N) is 1. The number of benzene rings is 1. The molecule has 0 spiro atoms. The van der Waals surface area contributed by atoms with E-state index < -0.39 is 17.6 Å². The van der Waals surface area contributed by atoms with Gasteiger partial charge in [-0.2, -0.15) is 18.2 Å². The lowest BCUT2D eigenvalue weighted by Crippen LogP contribution is -2.19. The Morgan fingerprint density at radius 1 is 1.05 bits per heavy atom. The standard InChI is InChI=1S/C14H13F3N2O/c1-7-4-8(2)12(9(3)5-7)10-6-11(14(15,16)17)19-13(20)18-10/h4-6H,1-3H3,(H,18,19,20). The van der Waals surface area contributed by atoms with E-state index in [2.05, 4.69) is 4.98 Å². The van der Waals surface area contributed by atoms with E-state index in [1.807, 2.05) is 19.1 Å². The molecular weight excluding hydrogens is 269 g/mol. The molecule has 3 nitrogen and oxygen atoms in total. The molecule has 1 aromatic heterocycles. The Morgan fingerprint density at radius 3 is 2.10 bits per heavy atom. The molecule has 0 saturated heterocycles. The summed E-state index contributed by atoms with van der Waals surface area (Å²) in [5.74, 6) is 0. The van der Waals surface area contributed by atoms with E-state index in [0.29, 0.717) is 5.56 Å². The molecule has 1 N–H and O–H groups in total. The van der Waals surface area contributed by atoms with Crippen LogP contribution in [0.3, 0.4) is 0 Å². The van der Waals surface area contributed by atoms with E-state index >= 15 is 0 Å².